The third kappa shape index (κ3) is 3.83. The molecule has 0 saturated heterocycles. The van der Waals surface area contributed by atoms with E-state index in [1.54, 1.807) is 11.8 Å². The molecule has 2 aromatic carbocycles. The van der Waals surface area contributed by atoms with Gasteiger partial charge in [0.1, 0.15) is 11.6 Å². The van der Waals surface area contributed by atoms with Crippen molar-refractivity contribution in [3.8, 4) is 0 Å². The molecule has 21 heavy (non-hydrogen) atoms. The topological polar surface area (TPSA) is 12.0 Å². The first kappa shape index (κ1) is 16.0. The molecular formula is C17H19F2NS. The summed E-state index contributed by atoms with van der Waals surface area (Å²) in [5, 5.41) is 3.36. The summed E-state index contributed by atoms with van der Waals surface area (Å²) >= 11 is 1.62. The second kappa shape index (κ2) is 7.57. The molecule has 0 spiro atoms. The van der Waals surface area contributed by atoms with Crippen molar-refractivity contribution in [2.75, 3.05) is 12.8 Å². The highest BCUT2D eigenvalue weighted by Crippen LogP contribution is 2.31. The van der Waals surface area contributed by atoms with Crippen molar-refractivity contribution in [3.63, 3.8) is 0 Å². The maximum atomic E-state index is 14.2. The quantitative estimate of drug-likeness (QED) is 0.771. The van der Waals surface area contributed by atoms with E-state index in [0.29, 0.717) is 5.56 Å². The van der Waals surface area contributed by atoms with Crippen molar-refractivity contribution in [3.05, 3.63) is 65.2 Å². The van der Waals surface area contributed by atoms with Gasteiger partial charge in [-0.05, 0) is 36.9 Å². The third-order valence-corrected chi connectivity index (χ3v) is 4.13. The summed E-state index contributed by atoms with van der Waals surface area (Å²) in [5.74, 6) is -1.07. The highest BCUT2D eigenvalue weighted by molar-refractivity contribution is 7.98. The van der Waals surface area contributed by atoms with Crippen molar-refractivity contribution in [1.82, 2.24) is 5.32 Å². The van der Waals surface area contributed by atoms with Crippen molar-refractivity contribution < 1.29 is 8.78 Å². The molecule has 0 fully saturated rings. The SMILES string of the molecule is CCCNC(c1ccc(F)cc1F)c1ccccc1SC. The highest BCUT2D eigenvalue weighted by Gasteiger charge is 2.20. The molecule has 0 radical (unpaired) electrons. The van der Waals surface area contributed by atoms with E-state index in [-0.39, 0.29) is 6.04 Å². The number of hydrogen-bond acceptors (Lipinski definition) is 2. The van der Waals surface area contributed by atoms with Gasteiger partial charge < -0.3 is 5.32 Å². The molecular weight excluding hydrogens is 288 g/mol. The Kier molecular flexibility index (Phi) is 5.76. The van der Waals surface area contributed by atoms with E-state index in [2.05, 4.69) is 12.2 Å². The zero-order chi connectivity index (χ0) is 15.2. The number of rotatable bonds is 6. The summed E-state index contributed by atoms with van der Waals surface area (Å²) in [7, 11) is 0. The molecule has 0 heterocycles. The van der Waals surface area contributed by atoms with E-state index in [1.165, 1.54) is 12.1 Å². The minimum atomic E-state index is -0.552. The maximum Gasteiger partial charge on any atom is 0.131 e. The zero-order valence-electron chi connectivity index (χ0n) is 12.2. The van der Waals surface area contributed by atoms with Crippen LogP contribution in [0.25, 0.3) is 0 Å². The number of halogens is 2. The summed E-state index contributed by atoms with van der Waals surface area (Å²) in [4.78, 5) is 1.09. The lowest BCUT2D eigenvalue weighted by molar-refractivity contribution is 0.529. The predicted octanol–water partition coefficient (Wildman–Crippen LogP) is 4.78. The van der Waals surface area contributed by atoms with Gasteiger partial charge in [0.25, 0.3) is 0 Å². The van der Waals surface area contributed by atoms with Gasteiger partial charge in [-0.3, -0.25) is 0 Å². The fourth-order valence-electron chi connectivity index (χ4n) is 2.32. The summed E-state index contributed by atoms with van der Waals surface area (Å²) < 4.78 is 27.3. The molecule has 0 bridgehead atoms. The van der Waals surface area contributed by atoms with E-state index >= 15 is 0 Å². The fraction of sp³-hybridized carbons (Fsp3) is 0.294. The Bertz CT molecular complexity index is 601. The number of benzene rings is 2. The smallest absolute Gasteiger partial charge is 0.131 e. The molecule has 1 nitrogen and oxygen atoms in total. The summed E-state index contributed by atoms with van der Waals surface area (Å²) in [6.07, 6.45) is 2.94. The molecule has 4 heteroatoms. The van der Waals surface area contributed by atoms with E-state index in [9.17, 15) is 8.78 Å². The van der Waals surface area contributed by atoms with Crippen LogP contribution in [0.1, 0.15) is 30.5 Å². The van der Waals surface area contributed by atoms with Crippen LogP contribution in [-0.2, 0) is 0 Å². The molecule has 0 aliphatic carbocycles. The first-order valence-corrected chi connectivity index (χ1v) is 8.21. The van der Waals surface area contributed by atoms with Crippen LogP contribution < -0.4 is 5.32 Å². The Labute approximate surface area is 128 Å². The van der Waals surface area contributed by atoms with Gasteiger partial charge in [0.2, 0.25) is 0 Å². The lowest BCUT2D eigenvalue weighted by atomic mass is 9.98. The zero-order valence-corrected chi connectivity index (χ0v) is 13.0. The van der Waals surface area contributed by atoms with E-state index in [0.717, 1.165) is 29.5 Å². The van der Waals surface area contributed by atoms with Crippen molar-refractivity contribution >= 4 is 11.8 Å². The molecule has 1 unspecified atom stereocenters. The molecule has 112 valence electrons. The summed E-state index contributed by atoms with van der Waals surface area (Å²) in [6.45, 7) is 2.83. The summed E-state index contributed by atoms with van der Waals surface area (Å²) in [5.41, 5.74) is 1.50. The average Bonchev–Trinajstić information content (AvgIpc) is 2.49. The van der Waals surface area contributed by atoms with Crippen LogP contribution in [0.2, 0.25) is 0 Å². The van der Waals surface area contributed by atoms with Crippen LogP contribution in [0.4, 0.5) is 8.78 Å². The van der Waals surface area contributed by atoms with Gasteiger partial charge in [0.05, 0.1) is 6.04 Å². The number of hydrogen-bond donors (Lipinski definition) is 1. The van der Waals surface area contributed by atoms with Crippen molar-refractivity contribution in [1.29, 1.82) is 0 Å². The Morgan fingerprint density at radius 2 is 1.86 bits per heavy atom. The van der Waals surface area contributed by atoms with Gasteiger partial charge in [-0.2, -0.15) is 0 Å². The molecule has 0 aliphatic heterocycles. The Morgan fingerprint density at radius 3 is 2.52 bits per heavy atom. The largest absolute Gasteiger partial charge is 0.306 e. The molecule has 0 amide bonds. The van der Waals surface area contributed by atoms with Crippen molar-refractivity contribution in [2.24, 2.45) is 0 Å². The Morgan fingerprint density at radius 1 is 1.10 bits per heavy atom. The minimum Gasteiger partial charge on any atom is -0.306 e. The second-order valence-electron chi connectivity index (χ2n) is 4.79. The average molecular weight is 307 g/mol. The monoisotopic (exact) mass is 307 g/mol. The number of nitrogens with one attached hydrogen (secondary N) is 1. The van der Waals surface area contributed by atoms with Gasteiger partial charge in [0.15, 0.2) is 0 Å². The Hall–Kier alpha value is -1.39. The van der Waals surface area contributed by atoms with Crippen LogP contribution in [0.15, 0.2) is 47.4 Å². The molecule has 1 N–H and O–H groups in total. The van der Waals surface area contributed by atoms with Crippen LogP contribution in [0, 0.1) is 11.6 Å². The normalized spacial score (nSPS) is 12.4. The lowest BCUT2D eigenvalue weighted by Gasteiger charge is -2.22. The van der Waals surface area contributed by atoms with Gasteiger partial charge in [-0.15, -0.1) is 11.8 Å². The molecule has 0 aromatic heterocycles. The predicted molar refractivity (Wildman–Crippen MR) is 84.7 cm³/mol. The van der Waals surface area contributed by atoms with Crippen LogP contribution >= 0.6 is 11.8 Å². The van der Waals surface area contributed by atoms with Gasteiger partial charge in [-0.1, -0.05) is 31.2 Å². The number of thioether (sulfide) groups is 1. The van der Waals surface area contributed by atoms with Crippen LogP contribution in [0.3, 0.4) is 0 Å². The van der Waals surface area contributed by atoms with E-state index in [1.807, 2.05) is 30.5 Å². The molecule has 1 atom stereocenters. The van der Waals surface area contributed by atoms with Gasteiger partial charge in [-0.25, -0.2) is 8.78 Å². The van der Waals surface area contributed by atoms with Crippen LogP contribution in [0.5, 0.6) is 0 Å². The van der Waals surface area contributed by atoms with Gasteiger partial charge >= 0.3 is 0 Å². The van der Waals surface area contributed by atoms with E-state index in [4.69, 9.17) is 0 Å². The fourth-order valence-corrected chi connectivity index (χ4v) is 2.95. The molecule has 0 saturated carbocycles. The van der Waals surface area contributed by atoms with Crippen LogP contribution in [-0.4, -0.2) is 12.8 Å². The third-order valence-electron chi connectivity index (χ3n) is 3.32. The second-order valence-corrected chi connectivity index (χ2v) is 5.64. The Balaban J connectivity index is 2.47. The molecule has 2 rings (SSSR count). The lowest BCUT2D eigenvalue weighted by Crippen LogP contribution is -2.24. The van der Waals surface area contributed by atoms with E-state index < -0.39 is 11.6 Å². The summed E-state index contributed by atoms with van der Waals surface area (Å²) in [6, 6.07) is 11.4. The first-order valence-electron chi connectivity index (χ1n) is 6.98. The highest BCUT2D eigenvalue weighted by atomic mass is 32.2. The van der Waals surface area contributed by atoms with Crippen molar-refractivity contribution in [2.45, 2.75) is 24.3 Å². The first-order chi connectivity index (χ1) is 10.2. The molecule has 0 aliphatic rings. The van der Waals surface area contributed by atoms with Gasteiger partial charge in [0, 0.05) is 16.5 Å². The maximum absolute atomic E-state index is 14.2. The standard InChI is InChI=1S/C17H19F2NS/c1-3-10-20-17(13-9-8-12(18)11-15(13)19)14-6-4-5-7-16(14)21-2/h4-9,11,17,20H,3,10H2,1-2H3. The molecule has 2 aromatic rings. The minimum absolute atomic E-state index is 0.269.